The highest BCUT2D eigenvalue weighted by Gasteiger charge is 2.31. The third-order valence-electron chi connectivity index (χ3n) is 2.17. The molecule has 78 valence electrons. The van der Waals surface area contributed by atoms with Gasteiger partial charge in [0.2, 0.25) is 17.7 Å². The van der Waals surface area contributed by atoms with Crippen molar-refractivity contribution >= 4 is 17.7 Å². The maximum Gasteiger partial charge on any atom is 0.246 e. The SMILES string of the molecule is CN1C(=O)CCC(NCC(N)=O)C1=O. The summed E-state index contributed by atoms with van der Waals surface area (Å²) in [4.78, 5) is 34.0. The minimum absolute atomic E-state index is 0.0432. The summed E-state index contributed by atoms with van der Waals surface area (Å²) in [5, 5.41) is 2.70. The minimum Gasteiger partial charge on any atom is -0.369 e. The summed E-state index contributed by atoms with van der Waals surface area (Å²) in [7, 11) is 1.43. The minimum atomic E-state index is -0.516. The van der Waals surface area contributed by atoms with Gasteiger partial charge < -0.3 is 5.73 Å². The molecule has 0 aromatic rings. The molecule has 6 nitrogen and oxygen atoms in total. The molecule has 14 heavy (non-hydrogen) atoms. The van der Waals surface area contributed by atoms with Crippen molar-refractivity contribution in [3.05, 3.63) is 0 Å². The second kappa shape index (κ2) is 4.19. The molecule has 3 amide bonds. The molecule has 6 heteroatoms. The number of likely N-dealkylation sites (N-methyl/N-ethyl adjacent to an activating group) is 1. The van der Waals surface area contributed by atoms with Crippen LogP contribution in [0.3, 0.4) is 0 Å². The second-order valence-electron chi connectivity index (χ2n) is 3.23. The van der Waals surface area contributed by atoms with Gasteiger partial charge in [-0.2, -0.15) is 0 Å². The summed E-state index contributed by atoms with van der Waals surface area (Å²) < 4.78 is 0. The summed E-state index contributed by atoms with van der Waals surface area (Å²) >= 11 is 0. The largest absolute Gasteiger partial charge is 0.369 e. The van der Waals surface area contributed by atoms with E-state index in [1.165, 1.54) is 7.05 Å². The van der Waals surface area contributed by atoms with E-state index in [4.69, 9.17) is 5.73 Å². The molecular formula is C8H13N3O3. The Bertz CT molecular complexity index is 277. The summed E-state index contributed by atoms with van der Waals surface area (Å²) in [6, 6.07) is -0.467. The average Bonchev–Trinajstić information content (AvgIpc) is 2.13. The Morgan fingerprint density at radius 3 is 2.86 bits per heavy atom. The van der Waals surface area contributed by atoms with Crippen LogP contribution in [0.15, 0.2) is 0 Å². The molecule has 1 saturated heterocycles. The van der Waals surface area contributed by atoms with Gasteiger partial charge in [0.15, 0.2) is 0 Å². The molecule has 1 aliphatic rings. The smallest absolute Gasteiger partial charge is 0.246 e. The van der Waals surface area contributed by atoms with Crippen molar-refractivity contribution < 1.29 is 14.4 Å². The molecule has 0 saturated carbocycles. The summed E-state index contributed by atoms with van der Waals surface area (Å²) in [5.74, 6) is -1.01. The first-order chi connectivity index (χ1) is 6.52. The summed E-state index contributed by atoms with van der Waals surface area (Å²) in [6.45, 7) is -0.0432. The van der Waals surface area contributed by atoms with Crippen LogP contribution in [0.1, 0.15) is 12.8 Å². The second-order valence-corrected chi connectivity index (χ2v) is 3.23. The first-order valence-corrected chi connectivity index (χ1v) is 4.34. The first kappa shape index (κ1) is 10.6. The summed E-state index contributed by atoms with van der Waals surface area (Å²) in [6.07, 6.45) is 0.744. The van der Waals surface area contributed by atoms with Crippen LogP contribution in [0.5, 0.6) is 0 Å². The van der Waals surface area contributed by atoms with Crippen LogP contribution in [0.25, 0.3) is 0 Å². The number of carbonyl (C=O) groups is 3. The van der Waals surface area contributed by atoms with Crippen molar-refractivity contribution in [3.8, 4) is 0 Å². The van der Waals surface area contributed by atoms with Crippen LogP contribution >= 0.6 is 0 Å². The van der Waals surface area contributed by atoms with Crippen LogP contribution in [0.2, 0.25) is 0 Å². The van der Waals surface area contributed by atoms with Gasteiger partial charge in [-0.25, -0.2) is 0 Å². The number of hydrogen-bond acceptors (Lipinski definition) is 4. The van der Waals surface area contributed by atoms with E-state index in [1.54, 1.807) is 0 Å². The molecule has 1 aliphatic heterocycles. The fourth-order valence-electron chi connectivity index (χ4n) is 1.33. The lowest BCUT2D eigenvalue weighted by molar-refractivity contribution is -0.148. The van der Waals surface area contributed by atoms with E-state index >= 15 is 0 Å². The Morgan fingerprint density at radius 2 is 2.29 bits per heavy atom. The van der Waals surface area contributed by atoms with Gasteiger partial charge in [0.1, 0.15) is 0 Å². The van der Waals surface area contributed by atoms with Crippen molar-refractivity contribution in [3.63, 3.8) is 0 Å². The molecule has 0 radical (unpaired) electrons. The van der Waals surface area contributed by atoms with Gasteiger partial charge in [0.05, 0.1) is 12.6 Å². The molecule has 0 spiro atoms. The van der Waals surface area contributed by atoms with Crippen molar-refractivity contribution in [1.82, 2.24) is 10.2 Å². The van der Waals surface area contributed by atoms with Gasteiger partial charge in [-0.05, 0) is 6.42 Å². The number of rotatable bonds is 3. The number of amides is 3. The normalized spacial score (nSPS) is 22.6. The Kier molecular flexibility index (Phi) is 3.19. The zero-order chi connectivity index (χ0) is 10.7. The fourth-order valence-corrected chi connectivity index (χ4v) is 1.33. The lowest BCUT2D eigenvalue weighted by Crippen LogP contribution is -2.52. The maximum absolute atomic E-state index is 11.4. The number of likely N-dealkylation sites (tertiary alicyclic amines) is 1. The van der Waals surface area contributed by atoms with Crippen molar-refractivity contribution in [2.75, 3.05) is 13.6 Å². The number of piperidine rings is 1. The molecule has 0 aliphatic carbocycles. The predicted molar refractivity (Wildman–Crippen MR) is 48.0 cm³/mol. The molecule has 1 unspecified atom stereocenters. The van der Waals surface area contributed by atoms with Gasteiger partial charge in [-0.3, -0.25) is 24.6 Å². The highest BCUT2D eigenvalue weighted by molar-refractivity contribution is 6.00. The van der Waals surface area contributed by atoms with E-state index in [9.17, 15) is 14.4 Å². The van der Waals surface area contributed by atoms with Crippen LogP contribution in [-0.2, 0) is 14.4 Å². The van der Waals surface area contributed by atoms with E-state index in [2.05, 4.69) is 5.32 Å². The molecule has 1 fully saturated rings. The molecule has 0 aromatic carbocycles. The van der Waals surface area contributed by atoms with Gasteiger partial charge >= 0.3 is 0 Å². The number of primary amides is 1. The van der Waals surface area contributed by atoms with E-state index in [-0.39, 0.29) is 18.4 Å². The Balaban J connectivity index is 2.51. The number of nitrogens with two attached hydrogens (primary N) is 1. The van der Waals surface area contributed by atoms with E-state index < -0.39 is 11.9 Å². The number of nitrogens with zero attached hydrogens (tertiary/aromatic N) is 1. The molecule has 3 N–H and O–H groups in total. The lowest BCUT2D eigenvalue weighted by Gasteiger charge is -2.27. The van der Waals surface area contributed by atoms with Gasteiger partial charge in [0, 0.05) is 13.5 Å². The molecule has 0 aromatic heterocycles. The number of nitrogens with one attached hydrogen (secondary N) is 1. The third kappa shape index (κ3) is 2.29. The maximum atomic E-state index is 11.4. The van der Waals surface area contributed by atoms with Crippen LogP contribution in [0.4, 0.5) is 0 Å². The number of imide groups is 1. The van der Waals surface area contributed by atoms with E-state index in [1.807, 2.05) is 0 Å². The zero-order valence-corrected chi connectivity index (χ0v) is 7.95. The topological polar surface area (TPSA) is 92.5 Å². The van der Waals surface area contributed by atoms with Gasteiger partial charge in [-0.1, -0.05) is 0 Å². The van der Waals surface area contributed by atoms with Crippen molar-refractivity contribution in [1.29, 1.82) is 0 Å². The average molecular weight is 199 g/mol. The standard InChI is InChI=1S/C8H13N3O3/c1-11-7(13)3-2-5(8(11)14)10-4-6(9)12/h5,10H,2-4H2,1H3,(H2,9,12). The number of hydrogen-bond donors (Lipinski definition) is 2. The monoisotopic (exact) mass is 199 g/mol. The van der Waals surface area contributed by atoms with Crippen LogP contribution in [-0.4, -0.2) is 42.3 Å². The van der Waals surface area contributed by atoms with Crippen LogP contribution < -0.4 is 11.1 Å². The van der Waals surface area contributed by atoms with Crippen LogP contribution in [0, 0.1) is 0 Å². The van der Waals surface area contributed by atoms with E-state index in [0.717, 1.165) is 4.90 Å². The van der Waals surface area contributed by atoms with Gasteiger partial charge in [-0.15, -0.1) is 0 Å². The molecule has 1 rings (SSSR count). The highest BCUT2D eigenvalue weighted by Crippen LogP contribution is 2.10. The molecule has 1 heterocycles. The zero-order valence-electron chi connectivity index (χ0n) is 7.95. The molecule has 1 atom stereocenters. The lowest BCUT2D eigenvalue weighted by atomic mass is 10.0. The first-order valence-electron chi connectivity index (χ1n) is 4.34. The van der Waals surface area contributed by atoms with Crippen molar-refractivity contribution in [2.45, 2.75) is 18.9 Å². The molecule has 0 bridgehead atoms. The molecular weight excluding hydrogens is 186 g/mol. The Labute approximate surface area is 81.4 Å². The third-order valence-corrected chi connectivity index (χ3v) is 2.17. The highest BCUT2D eigenvalue weighted by atomic mass is 16.2. The quantitative estimate of drug-likeness (QED) is 0.525. The van der Waals surface area contributed by atoms with E-state index in [0.29, 0.717) is 12.8 Å². The Morgan fingerprint density at radius 1 is 1.64 bits per heavy atom. The fraction of sp³-hybridized carbons (Fsp3) is 0.625. The predicted octanol–water partition coefficient (Wildman–Crippen LogP) is -1.79. The van der Waals surface area contributed by atoms with Gasteiger partial charge in [0.25, 0.3) is 0 Å². The summed E-state index contributed by atoms with van der Waals surface area (Å²) in [5.41, 5.74) is 4.92. The Hall–Kier alpha value is -1.43. The van der Waals surface area contributed by atoms with Crippen molar-refractivity contribution in [2.24, 2.45) is 5.73 Å². The number of carbonyl (C=O) groups excluding carboxylic acids is 3.